The highest BCUT2D eigenvalue weighted by atomic mass is 15.1. The summed E-state index contributed by atoms with van der Waals surface area (Å²) >= 11 is 0. The van der Waals surface area contributed by atoms with Gasteiger partial charge >= 0.3 is 0 Å². The standard InChI is InChI=1S/C14H24N2/c1-4-13-7-9-14(10-8-13)16(3)12-6-11-15-5-2/h7-10,15H,4-6,11-12H2,1-3H3. The highest BCUT2D eigenvalue weighted by Crippen LogP contribution is 2.14. The van der Waals surface area contributed by atoms with Crippen LogP contribution in [-0.2, 0) is 6.42 Å². The molecule has 2 nitrogen and oxygen atoms in total. The summed E-state index contributed by atoms with van der Waals surface area (Å²) in [6, 6.07) is 8.87. The van der Waals surface area contributed by atoms with E-state index in [9.17, 15) is 0 Å². The van der Waals surface area contributed by atoms with Gasteiger partial charge in [0.2, 0.25) is 0 Å². The number of aryl methyl sites for hydroxylation is 1. The fourth-order valence-electron chi connectivity index (χ4n) is 1.73. The largest absolute Gasteiger partial charge is 0.375 e. The summed E-state index contributed by atoms with van der Waals surface area (Å²) in [7, 11) is 2.16. The Hall–Kier alpha value is -1.02. The average Bonchev–Trinajstić information content (AvgIpc) is 2.34. The first kappa shape index (κ1) is 13.0. The number of anilines is 1. The average molecular weight is 220 g/mol. The molecule has 0 atom stereocenters. The van der Waals surface area contributed by atoms with Crippen LogP contribution in [0.2, 0.25) is 0 Å². The predicted octanol–water partition coefficient (Wildman–Crippen LogP) is 2.68. The third-order valence-corrected chi connectivity index (χ3v) is 2.88. The molecule has 0 bridgehead atoms. The molecule has 0 unspecified atom stereocenters. The van der Waals surface area contributed by atoms with Gasteiger partial charge < -0.3 is 10.2 Å². The quantitative estimate of drug-likeness (QED) is 0.711. The molecule has 2 heteroatoms. The molecular formula is C14H24N2. The maximum Gasteiger partial charge on any atom is 0.0363 e. The molecule has 0 heterocycles. The van der Waals surface area contributed by atoms with Crippen LogP contribution in [0, 0.1) is 0 Å². The third-order valence-electron chi connectivity index (χ3n) is 2.88. The van der Waals surface area contributed by atoms with Gasteiger partial charge in [0, 0.05) is 19.3 Å². The predicted molar refractivity (Wildman–Crippen MR) is 72.3 cm³/mol. The molecule has 1 rings (SSSR count). The third kappa shape index (κ3) is 4.23. The SMILES string of the molecule is CCNCCCN(C)c1ccc(CC)cc1. The Morgan fingerprint density at radius 1 is 1.12 bits per heavy atom. The van der Waals surface area contributed by atoms with Crippen molar-refractivity contribution in [1.82, 2.24) is 5.32 Å². The van der Waals surface area contributed by atoms with E-state index in [1.807, 2.05) is 0 Å². The Morgan fingerprint density at radius 2 is 1.81 bits per heavy atom. The number of hydrogen-bond donors (Lipinski definition) is 1. The van der Waals surface area contributed by atoms with Crippen LogP contribution >= 0.6 is 0 Å². The van der Waals surface area contributed by atoms with Crippen molar-refractivity contribution in [1.29, 1.82) is 0 Å². The first-order valence-electron chi connectivity index (χ1n) is 6.28. The maximum absolute atomic E-state index is 3.35. The molecule has 0 spiro atoms. The minimum Gasteiger partial charge on any atom is -0.375 e. The van der Waals surface area contributed by atoms with E-state index in [2.05, 4.69) is 55.4 Å². The Kier molecular flexibility index (Phi) is 5.94. The lowest BCUT2D eigenvalue weighted by Crippen LogP contribution is -2.23. The Balaban J connectivity index is 2.37. The van der Waals surface area contributed by atoms with E-state index in [0.29, 0.717) is 0 Å². The van der Waals surface area contributed by atoms with Crippen LogP contribution in [0.25, 0.3) is 0 Å². The zero-order chi connectivity index (χ0) is 11.8. The number of nitrogens with one attached hydrogen (secondary N) is 1. The molecule has 0 aliphatic heterocycles. The zero-order valence-corrected chi connectivity index (χ0v) is 10.8. The fraction of sp³-hybridized carbons (Fsp3) is 0.571. The normalized spacial score (nSPS) is 10.4. The van der Waals surface area contributed by atoms with Gasteiger partial charge in [-0.05, 0) is 43.6 Å². The van der Waals surface area contributed by atoms with E-state index in [0.717, 1.165) is 26.1 Å². The Morgan fingerprint density at radius 3 is 2.38 bits per heavy atom. The summed E-state index contributed by atoms with van der Waals surface area (Å²) in [6.07, 6.45) is 2.31. The molecule has 0 radical (unpaired) electrons. The van der Waals surface area contributed by atoms with Gasteiger partial charge in [-0.1, -0.05) is 26.0 Å². The summed E-state index contributed by atoms with van der Waals surface area (Å²) in [4.78, 5) is 2.32. The number of rotatable bonds is 7. The van der Waals surface area contributed by atoms with Crippen LogP contribution in [0.1, 0.15) is 25.8 Å². The van der Waals surface area contributed by atoms with Crippen molar-refractivity contribution in [2.24, 2.45) is 0 Å². The van der Waals surface area contributed by atoms with Crippen LogP contribution in [0.3, 0.4) is 0 Å². The smallest absolute Gasteiger partial charge is 0.0363 e. The zero-order valence-electron chi connectivity index (χ0n) is 10.8. The first-order valence-corrected chi connectivity index (χ1v) is 6.28. The molecule has 0 amide bonds. The van der Waals surface area contributed by atoms with E-state index >= 15 is 0 Å². The van der Waals surface area contributed by atoms with Gasteiger partial charge in [0.15, 0.2) is 0 Å². The highest BCUT2D eigenvalue weighted by molar-refractivity contribution is 5.46. The molecule has 1 aromatic carbocycles. The molecule has 1 aromatic rings. The van der Waals surface area contributed by atoms with Crippen LogP contribution in [0.15, 0.2) is 24.3 Å². The summed E-state index contributed by atoms with van der Waals surface area (Å²) in [5.74, 6) is 0. The lowest BCUT2D eigenvalue weighted by molar-refractivity contribution is 0.667. The van der Waals surface area contributed by atoms with Gasteiger partial charge in [-0.2, -0.15) is 0 Å². The number of hydrogen-bond acceptors (Lipinski definition) is 2. The van der Waals surface area contributed by atoms with Gasteiger partial charge in [0.1, 0.15) is 0 Å². The van der Waals surface area contributed by atoms with E-state index < -0.39 is 0 Å². The molecule has 0 fully saturated rings. The summed E-state index contributed by atoms with van der Waals surface area (Å²) in [6.45, 7) is 7.61. The van der Waals surface area contributed by atoms with Crippen molar-refractivity contribution in [2.45, 2.75) is 26.7 Å². The Labute approximate surface area is 99.7 Å². The Bertz CT molecular complexity index is 279. The molecule has 0 aromatic heterocycles. The molecular weight excluding hydrogens is 196 g/mol. The second-order valence-corrected chi connectivity index (χ2v) is 4.15. The number of benzene rings is 1. The van der Waals surface area contributed by atoms with Crippen LogP contribution in [-0.4, -0.2) is 26.7 Å². The molecule has 1 N–H and O–H groups in total. The van der Waals surface area contributed by atoms with Crippen molar-refractivity contribution < 1.29 is 0 Å². The van der Waals surface area contributed by atoms with Crippen molar-refractivity contribution in [3.8, 4) is 0 Å². The lowest BCUT2D eigenvalue weighted by Gasteiger charge is -2.19. The van der Waals surface area contributed by atoms with Gasteiger partial charge in [0.05, 0.1) is 0 Å². The minimum atomic E-state index is 1.06. The summed E-state index contributed by atoms with van der Waals surface area (Å²) in [5.41, 5.74) is 2.72. The van der Waals surface area contributed by atoms with Crippen molar-refractivity contribution in [3.05, 3.63) is 29.8 Å². The molecule has 0 saturated heterocycles. The maximum atomic E-state index is 3.35. The molecule has 0 aliphatic rings. The fourth-order valence-corrected chi connectivity index (χ4v) is 1.73. The lowest BCUT2D eigenvalue weighted by atomic mass is 10.1. The van der Waals surface area contributed by atoms with Crippen LogP contribution in [0.5, 0.6) is 0 Å². The van der Waals surface area contributed by atoms with E-state index in [1.54, 1.807) is 0 Å². The van der Waals surface area contributed by atoms with E-state index in [-0.39, 0.29) is 0 Å². The van der Waals surface area contributed by atoms with E-state index in [4.69, 9.17) is 0 Å². The topological polar surface area (TPSA) is 15.3 Å². The van der Waals surface area contributed by atoms with Gasteiger partial charge in [-0.15, -0.1) is 0 Å². The molecule has 0 saturated carbocycles. The first-order chi connectivity index (χ1) is 7.77. The summed E-state index contributed by atoms with van der Waals surface area (Å²) < 4.78 is 0. The van der Waals surface area contributed by atoms with E-state index in [1.165, 1.54) is 17.7 Å². The van der Waals surface area contributed by atoms with Crippen molar-refractivity contribution in [3.63, 3.8) is 0 Å². The molecule has 90 valence electrons. The highest BCUT2D eigenvalue weighted by Gasteiger charge is 1.99. The minimum absolute atomic E-state index is 1.06. The summed E-state index contributed by atoms with van der Waals surface area (Å²) in [5, 5.41) is 3.35. The second kappa shape index (κ2) is 7.29. The second-order valence-electron chi connectivity index (χ2n) is 4.15. The van der Waals surface area contributed by atoms with Crippen molar-refractivity contribution in [2.75, 3.05) is 31.6 Å². The van der Waals surface area contributed by atoms with Gasteiger partial charge in [-0.25, -0.2) is 0 Å². The monoisotopic (exact) mass is 220 g/mol. The van der Waals surface area contributed by atoms with Crippen molar-refractivity contribution >= 4 is 5.69 Å². The van der Waals surface area contributed by atoms with Gasteiger partial charge in [0.25, 0.3) is 0 Å². The molecule has 16 heavy (non-hydrogen) atoms. The van der Waals surface area contributed by atoms with Crippen LogP contribution in [0.4, 0.5) is 5.69 Å². The van der Waals surface area contributed by atoms with Crippen LogP contribution < -0.4 is 10.2 Å². The number of nitrogens with zero attached hydrogens (tertiary/aromatic N) is 1. The van der Waals surface area contributed by atoms with Gasteiger partial charge in [-0.3, -0.25) is 0 Å². The molecule has 0 aliphatic carbocycles.